The van der Waals surface area contributed by atoms with Crippen molar-refractivity contribution in [3.8, 4) is 0 Å². The predicted molar refractivity (Wildman–Crippen MR) is 54.0 cm³/mol. The van der Waals surface area contributed by atoms with Crippen molar-refractivity contribution < 1.29 is 4.42 Å². The largest absolute Gasteiger partial charge is 0.411 e. The van der Waals surface area contributed by atoms with Gasteiger partial charge < -0.3 is 9.73 Å². The van der Waals surface area contributed by atoms with Gasteiger partial charge in [-0.1, -0.05) is 37.2 Å². The summed E-state index contributed by atoms with van der Waals surface area (Å²) in [6.45, 7) is 0. The molecule has 0 amide bonds. The fourth-order valence-electron chi connectivity index (χ4n) is 2.01. The third-order valence-electron chi connectivity index (χ3n) is 2.79. The van der Waals surface area contributed by atoms with Crippen LogP contribution in [-0.4, -0.2) is 16.2 Å². The first-order chi connectivity index (χ1) is 6.95. The molecule has 14 heavy (non-hydrogen) atoms. The molecule has 0 unspecified atom stereocenters. The first-order valence-electron chi connectivity index (χ1n) is 5.48. The smallest absolute Gasteiger partial charge is 0.315 e. The summed E-state index contributed by atoms with van der Waals surface area (Å²) in [4.78, 5) is 0. The van der Waals surface area contributed by atoms with Gasteiger partial charge in [0.15, 0.2) is 0 Å². The lowest BCUT2D eigenvalue weighted by atomic mass is 9.97. The lowest BCUT2D eigenvalue weighted by Crippen LogP contribution is -2.20. The molecule has 1 heterocycles. The van der Waals surface area contributed by atoms with Crippen molar-refractivity contribution in [3.05, 3.63) is 6.39 Å². The van der Waals surface area contributed by atoms with Gasteiger partial charge in [-0.2, -0.15) is 0 Å². The lowest BCUT2D eigenvalue weighted by Gasteiger charge is -2.19. The predicted octanol–water partition coefficient (Wildman–Crippen LogP) is 2.59. The minimum atomic E-state index is 0.524. The minimum absolute atomic E-state index is 0.524. The summed E-state index contributed by atoms with van der Waals surface area (Å²) in [6, 6.07) is 1.09. The van der Waals surface area contributed by atoms with Crippen LogP contribution < -0.4 is 5.32 Å². The zero-order chi connectivity index (χ0) is 9.64. The third kappa shape index (κ3) is 2.72. The van der Waals surface area contributed by atoms with E-state index in [1.807, 2.05) is 0 Å². The number of anilines is 1. The van der Waals surface area contributed by atoms with Gasteiger partial charge in [-0.25, -0.2) is 0 Å². The van der Waals surface area contributed by atoms with E-state index in [0.717, 1.165) is 0 Å². The van der Waals surface area contributed by atoms with Gasteiger partial charge in [-0.05, 0) is 12.8 Å². The maximum Gasteiger partial charge on any atom is 0.315 e. The van der Waals surface area contributed by atoms with Crippen LogP contribution in [0.3, 0.4) is 0 Å². The van der Waals surface area contributed by atoms with Crippen molar-refractivity contribution in [1.29, 1.82) is 0 Å². The monoisotopic (exact) mass is 195 g/mol. The van der Waals surface area contributed by atoms with Gasteiger partial charge >= 0.3 is 6.01 Å². The number of aromatic nitrogens is 2. The zero-order valence-electron chi connectivity index (χ0n) is 8.41. The topological polar surface area (TPSA) is 51.0 Å². The van der Waals surface area contributed by atoms with Crippen LogP contribution in [0.2, 0.25) is 0 Å². The number of hydrogen-bond donors (Lipinski definition) is 1. The molecule has 0 atom stereocenters. The summed E-state index contributed by atoms with van der Waals surface area (Å²) in [5.74, 6) is 0. The summed E-state index contributed by atoms with van der Waals surface area (Å²) >= 11 is 0. The highest BCUT2D eigenvalue weighted by Gasteiger charge is 2.12. The fourth-order valence-corrected chi connectivity index (χ4v) is 2.01. The Bertz CT molecular complexity index is 240. The Morgan fingerprint density at radius 1 is 1.14 bits per heavy atom. The van der Waals surface area contributed by atoms with Crippen LogP contribution in [0.1, 0.15) is 44.9 Å². The van der Waals surface area contributed by atoms with E-state index in [9.17, 15) is 0 Å². The Morgan fingerprint density at radius 2 is 1.86 bits per heavy atom. The Kier molecular flexibility index (Phi) is 3.38. The Labute approximate surface area is 84.1 Å². The van der Waals surface area contributed by atoms with Gasteiger partial charge in [0.25, 0.3) is 0 Å². The molecule has 0 saturated heterocycles. The van der Waals surface area contributed by atoms with E-state index in [0.29, 0.717) is 12.1 Å². The quantitative estimate of drug-likeness (QED) is 0.788. The van der Waals surface area contributed by atoms with Crippen LogP contribution in [-0.2, 0) is 0 Å². The highest BCUT2D eigenvalue weighted by Crippen LogP contribution is 2.19. The molecule has 1 aromatic rings. The second-order valence-electron chi connectivity index (χ2n) is 3.93. The van der Waals surface area contributed by atoms with Gasteiger partial charge in [0.1, 0.15) is 0 Å². The van der Waals surface area contributed by atoms with Gasteiger partial charge in [-0.15, -0.1) is 5.10 Å². The van der Waals surface area contributed by atoms with Gasteiger partial charge in [0, 0.05) is 6.04 Å². The number of rotatable bonds is 2. The molecule has 1 fully saturated rings. The molecule has 0 aliphatic heterocycles. The summed E-state index contributed by atoms with van der Waals surface area (Å²) < 4.78 is 5.07. The molecule has 0 aromatic carbocycles. The third-order valence-corrected chi connectivity index (χ3v) is 2.79. The van der Waals surface area contributed by atoms with Crippen LogP contribution in [0, 0.1) is 0 Å². The first kappa shape index (κ1) is 9.49. The van der Waals surface area contributed by atoms with E-state index in [2.05, 4.69) is 15.5 Å². The molecule has 4 nitrogen and oxygen atoms in total. The average Bonchev–Trinajstić information content (AvgIpc) is 2.62. The molecule has 0 radical (unpaired) electrons. The van der Waals surface area contributed by atoms with Crippen LogP contribution in [0.25, 0.3) is 0 Å². The molecule has 1 aliphatic carbocycles. The van der Waals surface area contributed by atoms with Crippen LogP contribution >= 0.6 is 0 Å². The Morgan fingerprint density at radius 3 is 2.50 bits per heavy atom. The Balaban J connectivity index is 1.83. The van der Waals surface area contributed by atoms with E-state index in [1.54, 1.807) is 0 Å². The molecular weight excluding hydrogens is 178 g/mol. The van der Waals surface area contributed by atoms with Gasteiger partial charge in [0.2, 0.25) is 6.39 Å². The van der Waals surface area contributed by atoms with Crippen molar-refractivity contribution >= 4 is 6.01 Å². The zero-order valence-corrected chi connectivity index (χ0v) is 8.41. The number of nitrogens with zero attached hydrogens (tertiary/aromatic N) is 2. The van der Waals surface area contributed by atoms with Crippen molar-refractivity contribution in [1.82, 2.24) is 10.2 Å². The average molecular weight is 195 g/mol. The lowest BCUT2D eigenvalue weighted by molar-refractivity contribution is 0.458. The molecule has 78 valence electrons. The van der Waals surface area contributed by atoms with E-state index in [4.69, 9.17) is 4.42 Å². The van der Waals surface area contributed by atoms with Gasteiger partial charge in [0.05, 0.1) is 0 Å². The SMILES string of the molecule is c1nnc(NC2CCCCCCC2)o1. The summed E-state index contributed by atoms with van der Waals surface area (Å²) in [7, 11) is 0. The highest BCUT2D eigenvalue weighted by atomic mass is 16.4. The summed E-state index contributed by atoms with van der Waals surface area (Å²) in [6.07, 6.45) is 10.6. The molecule has 0 bridgehead atoms. The number of hydrogen-bond acceptors (Lipinski definition) is 4. The van der Waals surface area contributed by atoms with Crippen molar-refractivity contribution in [2.45, 2.75) is 51.0 Å². The minimum Gasteiger partial charge on any atom is -0.411 e. The van der Waals surface area contributed by atoms with Crippen molar-refractivity contribution in [2.75, 3.05) is 5.32 Å². The maximum atomic E-state index is 5.07. The molecule has 1 aromatic heterocycles. The summed E-state index contributed by atoms with van der Waals surface area (Å²) in [5.41, 5.74) is 0. The van der Waals surface area contributed by atoms with Crippen LogP contribution in [0.4, 0.5) is 6.01 Å². The molecule has 2 rings (SSSR count). The molecule has 4 heteroatoms. The molecule has 0 spiro atoms. The van der Waals surface area contributed by atoms with Crippen molar-refractivity contribution in [2.24, 2.45) is 0 Å². The van der Waals surface area contributed by atoms with E-state index in [1.165, 1.54) is 51.3 Å². The fraction of sp³-hybridized carbons (Fsp3) is 0.800. The van der Waals surface area contributed by atoms with Crippen molar-refractivity contribution in [3.63, 3.8) is 0 Å². The van der Waals surface area contributed by atoms with Crippen LogP contribution in [0.5, 0.6) is 0 Å². The van der Waals surface area contributed by atoms with E-state index >= 15 is 0 Å². The normalized spacial score (nSPS) is 20.0. The standard InChI is InChI=1S/C10H17N3O/c1-2-4-6-9(7-5-3-1)12-10-13-11-8-14-10/h8-9H,1-7H2,(H,12,13). The highest BCUT2D eigenvalue weighted by molar-refractivity contribution is 5.17. The number of nitrogens with one attached hydrogen (secondary N) is 1. The molecule has 1 N–H and O–H groups in total. The molecular formula is C10H17N3O. The Hall–Kier alpha value is -1.06. The second kappa shape index (κ2) is 4.98. The molecule has 1 aliphatic rings. The first-order valence-corrected chi connectivity index (χ1v) is 5.48. The van der Waals surface area contributed by atoms with E-state index in [-0.39, 0.29) is 0 Å². The van der Waals surface area contributed by atoms with E-state index < -0.39 is 0 Å². The summed E-state index contributed by atoms with van der Waals surface area (Å²) in [5, 5.41) is 10.8. The second-order valence-corrected chi connectivity index (χ2v) is 3.93. The maximum absolute atomic E-state index is 5.07. The molecule has 1 saturated carbocycles. The van der Waals surface area contributed by atoms with Crippen LogP contribution in [0.15, 0.2) is 10.8 Å². The van der Waals surface area contributed by atoms with Gasteiger partial charge in [-0.3, -0.25) is 0 Å².